The van der Waals surface area contributed by atoms with Crippen molar-refractivity contribution in [1.82, 2.24) is 4.90 Å². The summed E-state index contributed by atoms with van der Waals surface area (Å²) >= 11 is 2.03. The largest absolute Gasteiger partial charge is 0.391 e. The lowest BCUT2D eigenvalue weighted by Crippen LogP contribution is -2.55. The Balaban J connectivity index is 2.04. The zero-order chi connectivity index (χ0) is 14.1. The number of ether oxygens (including phenoxy) is 1. The SMILES string of the molecule is CN(C)C(C)(C)C(O)C1CCOC2(CCSCC2)C1. The standard InChI is InChI=1S/C15H29NO2S/c1-14(2,16(3)4)13(17)12-5-8-18-15(11-12)6-9-19-10-7-15/h12-13,17H,5-11H2,1-4H3. The van der Waals surface area contributed by atoms with Crippen LogP contribution in [0.25, 0.3) is 0 Å². The molecule has 2 aliphatic rings. The quantitative estimate of drug-likeness (QED) is 0.864. The van der Waals surface area contributed by atoms with Crippen molar-refractivity contribution in [2.45, 2.75) is 56.8 Å². The number of aliphatic hydroxyl groups excluding tert-OH is 1. The Morgan fingerprint density at radius 1 is 1.32 bits per heavy atom. The van der Waals surface area contributed by atoms with Gasteiger partial charge in [0.15, 0.2) is 0 Å². The molecule has 0 saturated carbocycles. The summed E-state index contributed by atoms with van der Waals surface area (Å²) in [5.74, 6) is 2.79. The Bertz CT molecular complexity index is 295. The van der Waals surface area contributed by atoms with Gasteiger partial charge in [-0.3, -0.25) is 0 Å². The second-order valence-corrected chi connectivity index (χ2v) is 8.11. The van der Waals surface area contributed by atoms with Crippen molar-refractivity contribution in [3.8, 4) is 0 Å². The molecule has 2 saturated heterocycles. The molecule has 0 bridgehead atoms. The van der Waals surface area contributed by atoms with Crippen molar-refractivity contribution in [1.29, 1.82) is 0 Å². The Morgan fingerprint density at radius 2 is 1.95 bits per heavy atom. The van der Waals surface area contributed by atoms with E-state index in [-0.39, 0.29) is 17.2 Å². The van der Waals surface area contributed by atoms with E-state index in [2.05, 4.69) is 32.8 Å². The first-order chi connectivity index (χ1) is 8.87. The number of rotatable bonds is 3. The van der Waals surface area contributed by atoms with E-state index >= 15 is 0 Å². The topological polar surface area (TPSA) is 32.7 Å². The van der Waals surface area contributed by atoms with Crippen LogP contribution in [-0.4, -0.2) is 59.5 Å². The van der Waals surface area contributed by atoms with E-state index in [4.69, 9.17) is 4.74 Å². The molecule has 0 aliphatic carbocycles. The molecule has 2 aliphatic heterocycles. The van der Waals surface area contributed by atoms with Gasteiger partial charge in [0.1, 0.15) is 0 Å². The van der Waals surface area contributed by atoms with E-state index in [1.165, 1.54) is 11.5 Å². The Kier molecular flexibility index (Phi) is 4.87. The fraction of sp³-hybridized carbons (Fsp3) is 1.00. The second-order valence-electron chi connectivity index (χ2n) is 6.89. The maximum atomic E-state index is 10.8. The van der Waals surface area contributed by atoms with Crippen LogP contribution >= 0.6 is 11.8 Å². The number of hydrogen-bond donors (Lipinski definition) is 1. The monoisotopic (exact) mass is 287 g/mol. The molecule has 0 radical (unpaired) electrons. The summed E-state index contributed by atoms with van der Waals surface area (Å²) in [7, 11) is 4.10. The molecule has 2 unspecified atom stereocenters. The van der Waals surface area contributed by atoms with Gasteiger partial charge < -0.3 is 14.7 Å². The molecule has 1 spiro atoms. The zero-order valence-electron chi connectivity index (χ0n) is 12.8. The van der Waals surface area contributed by atoms with Gasteiger partial charge in [-0.15, -0.1) is 0 Å². The minimum Gasteiger partial charge on any atom is -0.391 e. The molecule has 2 rings (SSSR count). The lowest BCUT2D eigenvalue weighted by Gasteiger charge is -2.48. The first-order valence-corrected chi connectivity index (χ1v) is 8.60. The van der Waals surface area contributed by atoms with E-state index in [1.807, 2.05) is 11.8 Å². The molecule has 3 nitrogen and oxygen atoms in total. The van der Waals surface area contributed by atoms with E-state index in [0.29, 0.717) is 5.92 Å². The Labute approximate surface area is 122 Å². The first kappa shape index (κ1) is 15.6. The second kappa shape index (κ2) is 5.92. The summed E-state index contributed by atoms with van der Waals surface area (Å²) in [6, 6.07) is 0. The van der Waals surface area contributed by atoms with Gasteiger partial charge >= 0.3 is 0 Å². The molecular formula is C15H29NO2S. The van der Waals surface area contributed by atoms with E-state index in [1.54, 1.807) is 0 Å². The predicted octanol–water partition coefficient (Wildman–Crippen LogP) is 2.38. The average molecular weight is 287 g/mol. The Morgan fingerprint density at radius 3 is 2.53 bits per heavy atom. The van der Waals surface area contributed by atoms with Gasteiger partial charge in [0.05, 0.1) is 11.7 Å². The van der Waals surface area contributed by atoms with E-state index in [9.17, 15) is 5.11 Å². The van der Waals surface area contributed by atoms with Gasteiger partial charge in [-0.25, -0.2) is 0 Å². The number of aliphatic hydroxyl groups is 1. The molecular weight excluding hydrogens is 258 g/mol. The Hall–Kier alpha value is 0.230. The minimum atomic E-state index is -0.280. The zero-order valence-corrected chi connectivity index (χ0v) is 13.6. The maximum Gasteiger partial charge on any atom is 0.0748 e. The van der Waals surface area contributed by atoms with Gasteiger partial charge in [0, 0.05) is 12.1 Å². The van der Waals surface area contributed by atoms with Crippen LogP contribution in [0.3, 0.4) is 0 Å². The van der Waals surface area contributed by atoms with Gasteiger partial charge in [0.2, 0.25) is 0 Å². The molecule has 19 heavy (non-hydrogen) atoms. The molecule has 2 fully saturated rings. The molecule has 0 aromatic carbocycles. The maximum absolute atomic E-state index is 10.8. The van der Waals surface area contributed by atoms with Crippen molar-refractivity contribution in [2.24, 2.45) is 5.92 Å². The van der Waals surface area contributed by atoms with Crippen LogP contribution in [0.2, 0.25) is 0 Å². The number of nitrogens with zero attached hydrogens (tertiary/aromatic N) is 1. The third-order valence-electron chi connectivity index (χ3n) is 5.26. The normalized spacial score (nSPS) is 29.7. The average Bonchev–Trinajstić information content (AvgIpc) is 2.38. The van der Waals surface area contributed by atoms with Gasteiger partial charge in [0.25, 0.3) is 0 Å². The van der Waals surface area contributed by atoms with E-state index < -0.39 is 0 Å². The molecule has 112 valence electrons. The van der Waals surface area contributed by atoms with Gasteiger partial charge in [-0.2, -0.15) is 11.8 Å². The highest BCUT2D eigenvalue weighted by molar-refractivity contribution is 7.99. The highest BCUT2D eigenvalue weighted by Crippen LogP contribution is 2.42. The van der Waals surface area contributed by atoms with Gasteiger partial charge in [-0.05, 0) is 71.0 Å². The molecule has 0 aromatic heterocycles. The highest BCUT2D eigenvalue weighted by atomic mass is 32.2. The van der Waals surface area contributed by atoms with Crippen molar-refractivity contribution in [3.05, 3.63) is 0 Å². The lowest BCUT2D eigenvalue weighted by molar-refractivity contribution is -0.137. The third-order valence-corrected chi connectivity index (χ3v) is 6.24. The summed E-state index contributed by atoms with van der Waals surface area (Å²) < 4.78 is 6.12. The molecule has 2 heterocycles. The number of hydrogen-bond acceptors (Lipinski definition) is 4. The van der Waals surface area contributed by atoms with Crippen molar-refractivity contribution >= 4 is 11.8 Å². The molecule has 0 amide bonds. The fourth-order valence-electron chi connectivity index (χ4n) is 3.27. The molecule has 0 aromatic rings. The summed E-state index contributed by atoms with van der Waals surface area (Å²) in [4.78, 5) is 2.14. The number of likely N-dealkylation sites (N-methyl/N-ethyl adjacent to an activating group) is 1. The molecule has 1 N–H and O–H groups in total. The van der Waals surface area contributed by atoms with Crippen LogP contribution in [0, 0.1) is 5.92 Å². The fourth-order valence-corrected chi connectivity index (χ4v) is 4.51. The summed E-state index contributed by atoms with van der Waals surface area (Å²) in [6.45, 7) is 5.09. The summed E-state index contributed by atoms with van der Waals surface area (Å²) in [5, 5.41) is 10.8. The smallest absolute Gasteiger partial charge is 0.0748 e. The molecule has 4 heteroatoms. The molecule has 2 atom stereocenters. The predicted molar refractivity (Wildman–Crippen MR) is 81.7 cm³/mol. The highest BCUT2D eigenvalue weighted by Gasteiger charge is 2.44. The van der Waals surface area contributed by atoms with Crippen molar-refractivity contribution < 1.29 is 9.84 Å². The first-order valence-electron chi connectivity index (χ1n) is 7.45. The van der Waals surface area contributed by atoms with Crippen LogP contribution in [0.5, 0.6) is 0 Å². The van der Waals surface area contributed by atoms with Crippen LogP contribution < -0.4 is 0 Å². The minimum absolute atomic E-state index is 0.0670. The summed E-state index contributed by atoms with van der Waals surface area (Å²) in [5.41, 5.74) is -0.107. The van der Waals surface area contributed by atoms with Crippen LogP contribution in [0.15, 0.2) is 0 Å². The van der Waals surface area contributed by atoms with Gasteiger partial charge in [-0.1, -0.05) is 0 Å². The van der Waals surface area contributed by atoms with E-state index in [0.717, 1.165) is 32.3 Å². The van der Waals surface area contributed by atoms with Crippen LogP contribution in [0.1, 0.15) is 39.5 Å². The van der Waals surface area contributed by atoms with Crippen molar-refractivity contribution in [2.75, 3.05) is 32.2 Å². The number of thioether (sulfide) groups is 1. The summed E-state index contributed by atoms with van der Waals surface area (Å²) in [6.07, 6.45) is 4.06. The third kappa shape index (κ3) is 3.29. The lowest BCUT2D eigenvalue weighted by atomic mass is 9.74. The van der Waals surface area contributed by atoms with Crippen LogP contribution in [0.4, 0.5) is 0 Å². The van der Waals surface area contributed by atoms with Crippen LogP contribution in [-0.2, 0) is 4.74 Å². The van der Waals surface area contributed by atoms with Crippen molar-refractivity contribution in [3.63, 3.8) is 0 Å².